The Bertz CT molecular complexity index is 361. The molecule has 0 N–H and O–H groups in total. The van der Waals surface area contributed by atoms with Crippen molar-refractivity contribution in [3.05, 3.63) is 48.3 Å². The van der Waals surface area contributed by atoms with Crippen LogP contribution in [-0.2, 0) is 0 Å². The van der Waals surface area contributed by atoms with Crippen LogP contribution >= 0.6 is 0 Å². The molecular weight excluding hydrogens is 172 g/mol. The summed E-state index contributed by atoms with van der Waals surface area (Å²) in [5.41, 5.74) is 2.81. The van der Waals surface area contributed by atoms with Crippen LogP contribution in [0.15, 0.2) is 47.7 Å². The van der Waals surface area contributed by atoms with Crippen LogP contribution in [-0.4, -0.2) is 11.2 Å². The van der Waals surface area contributed by atoms with E-state index in [2.05, 4.69) is 16.6 Å². The Kier molecular flexibility index (Phi) is 3.80. The van der Waals surface area contributed by atoms with E-state index in [9.17, 15) is 0 Å². The van der Waals surface area contributed by atoms with Gasteiger partial charge in [0.05, 0.1) is 5.70 Å². The summed E-state index contributed by atoms with van der Waals surface area (Å²) < 4.78 is 0. The second-order valence-electron chi connectivity index (χ2n) is 2.98. The van der Waals surface area contributed by atoms with Gasteiger partial charge in [0.25, 0.3) is 0 Å². The number of hydrogen-bond acceptors (Lipinski definition) is 2. The largest absolute Gasteiger partial charge is 0.264 e. The monoisotopic (exact) mass is 186 g/mol. The molecule has 0 bridgehead atoms. The van der Waals surface area contributed by atoms with E-state index in [1.807, 2.05) is 32.1 Å². The van der Waals surface area contributed by atoms with Crippen LogP contribution in [0.25, 0.3) is 5.70 Å². The van der Waals surface area contributed by atoms with Gasteiger partial charge in [0.1, 0.15) is 0 Å². The van der Waals surface area contributed by atoms with Gasteiger partial charge in [0.2, 0.25) is 0 Å². The molecule has 2 nitrogen and oxygen atoms in total. The van der Waals surface area contributed by atoms with Crippen molar-refractivity contribution in [2.75, 3.05) is 0 Å². The zero-order chi connectivity index (χ0) is 10.4. The van der Waals surface area contributed by atoms with Crippen molar-refractivity contribution in [1.82, 2.24) is 4.98 Å². The van der Waals surface area contributed by atoms with E-state index in [1.54, 1.807) is 18.6 Å². The highest BCUT2D eigenvalue weighted by molar-refractivity contribution is 5.83. The van der Waals surface area contributed by atoms with Crippen LogP contribution < -0.4 is 0 Å². The molecule has 0 saturated heterocycles. The lowest BCUT2D eigenvalue weighted by atomic mass is 10.2. The molecule has 1 aromatic heterocycles. The Morgan fingerprint density at radius 1 is 1.57 bits per heavy atom. The molecule has 0 aliphatic heterocycles. The van der Waals surface area contributed by atoms with E-state index < -0.39 is 0 Å². The van der Waals surface area contributed by atoms with Crippen LogP contribution in [0.2, 0.25) is 0 Å². The first kappa shape index (κ1) is 10.4. The molecule has 1 rings (SSSR count). The summed E-state index contributed by atoms with van der Waals surface area (Å²) in [7, 11) is 0. The Hall–Kier alpha value is -1.70. The molecule has 0 fully saturated rings. The molecule has 14 heavy (non-hydrogen) atoms. The van der Waals surface area contributed by atoms with Crippen LogP contribution in [0.1, 0.15) is 19.4 Å². The lowest BCUT2D eigenvalue weighted by molar-refractivity contribution is 1.30. The molecule has 0 unspecified atom stereocenters. The highest BCUT2D eigenvalue weighted by Gasteiger charge is 1.93. The molecule has 0 aromatic carbocycles. The number of allylic oxidation sites excluding steroid dienone is 2. The van der Waals surface area contributed by atoms with E-state index in [-0.39, 0.29) is 0 Å². The quantitative estimate of drug-likeness (QED) is 0.666. The Morgan fingerprint density at radius 2 is 2.36 bits per heavy atom. The molecule has 2 heteroatoms. The van der Waals surface area contributed by atoms with Crippen molar-refractivity contribution < 1.29 is 0 Å². The van der Waals surface area contributed by atoms with Gasteiger partial charge in [-0.15, -0.1) is 0 Å². The van der Waals surface area contributed by atoms with Crippen molar-refractivity contribution in [3.63, 3.8) is 0 Å². The minimum atomic E-state index is 0.735. The van der Waals surface area contributed by atoms with E-state index in [1.165, 1.54) is 0 Å². The van der Waals surface area contributed by atoms with Crippen molar-refractivity contribution in [3.8, 4) is 0 Å². The standard InChI is InChI=1S/C12H14N2/c1-4-10(2)8-14-11(3)12-6-5-7-13-9-12/h4-9H,3H2,1-2H3/b10-4-,14-8?. The topological polar surface area (TPSA) is 25.2 Å². The fourth-order valence-electron chi connectivity index (χ4n) is 0.862. The minimum Gasteiger partial charge on any atom is -0.264 e. The molecular formula is C12H14N2. The predicted molar refractivity (Wildman–Crippen MR) is 61.2 cm³/mol. The second kappa shape index (κ2) is 5.12. The molecule has 0 atom stereocenters. The summed E-state index contributed by atoms with van der Waals surface area (Å²) >= 11 is 0. The summed E-state index contributed by atoms with van der Waals surface area (Å²) in [6.45, 7) is 7.85. The molecule has 0 radical (unpaired) electrons. The van der Waals surface area contributed by atoms with Crippen molar-refractivity contribution in [1.29, 1.82) is 0 Å². The third-order valence-electron chi connectivity index (χ3n) is 1.87. The lowest BCUT2D eigenvalue weighted by Crippen LogP contribution is -1.82. The summed E-state index contributed by atoms with van der Waals surface area (Å²) in [5.74, 6) is 0. The number of aliphatic imine (C=N–C) groups is 1. The van der Waals surface area contributed by atoms with Crippen LogP contribution in [0, 0.1) is 0 Å². The summed E-state index contributed by atoms with van der Waals surface area (Å²) in [6.07, 6.45) is 7.29. The van der Waals surface area contributed by atoms with Crippen LogP contribution in [0.4, 0.5) is 0 Å². The third-order valence-corrected chi connectivity index (χ3v) is 1.87. The van der Waals surface area contributed by atoms with Gasteiger partial charge in [-0.3, -0.25) is 9.98 Å². The average molecular weight is 186 g/mol. The molecule has 1 heterocycles. The summed E-state index contributed by atoms with van der Waals surface area (Å²) in [5, 5.41) is 0. The maximum absolute atomic E-state index is 4.24. The van der Waals surface area contributed by atoms with Crippen molar-refractivity contribution in [2.45, 2.75) is 13.8 Å². The second-order valence-corrected chi connectivity index (χ2v) is 2.98. The molecule has 72 valence electrons. The fourth-order valence-corrected chi connectivity index (χ4v) is 0.862. The number of hydrogen-bond donors (Lipinski definition) is 0. The predicted octanol–water partition coefficient (Wildman–Crippen LogP) is 3.09. The normalized spacial score (nSPS) is 12.0. The van der Waals surface area contributed by atoms with Gasteiger partial charge in [-0.25, -0.2) is 0 Å². The van der Waals surface area contributed by atoms with Gasteiger partial charge in [-0.05, 0) is 31.6 Å². The van der Waals surface area contributed by atoms with Gasteiger partial charge in [0.15, 0.2) is 0 Å². The molecule has 0 spiro atoms. The average Bonchev–Trinajstić information content (AvgIpc) is 2.26. The molecule has 0 aliphatic carbocycles. The first-order chi connectivity index (χ1) is 6.74. The minimum absolute atomic E-state index is 0.735. The highest BCUT2D eigenvalue weighted by Crippen LogP contribution is 2.10. The van der Waals surface area contributed by atoms with Gasteiger partial charge < -0.3 is 0 Å². The maximum Gasteiger partial charge on any atom is 0.0645 e. The first-order valence-electron chi connectivity index (χ1n) is 4.50. The van der Waals surface area contributed by atoms with E-state index >= 15 is 0 Å². The van der Waals surface area contributed by atoms with Crippen LogP contribution in [0.5, 0.6) is 0 Å². The Balaban J connectivity index is 2.74. The number of rotatable bonds is 3. The Morgan fingerprint density at radius 3 is 2.93 bits per heavy atom. The summed E-state index contributed by atoms with van der Waals surface area (Å²) in [4.78, 5) is 8.24. The number of nitrogens with zero attached hydrogens (tertiary/aromatic N) is 2. The van der Waals surface area contributed by atoms with E-state index in [0.29, 0.717) is 0 Å². The number of aromatic nitrogens is 1. The van der Waals surface area contributed by atoms with Gasteiger partial charge in [-0.2, -0.15) is 0 Å². The summed E-state index contributed by atoms with van der Waals surface area (Å²) in [6, 6.07) is 3.82. The van der Waals surface area contributed by atoms with Crippen LogP contribution in [0.3, 0.4) is 0 Å². The van der Waals surface area contributed by atoms with Crippen molar-refractivity contribution in [2.24, 2.45) is 4.99 Å². The molecule has 1 aromatic rings. The Labute approximate surface area is 84.7 Å². The molecule has 0 amide bonds. The van der Waals surface area contributed by atoms with Gasteiger partial charge >= 0.3 is 0 Å². The van der Waals surface area contributed by atoms with Gasteiger partial charge in [0, 0.05) is 24.2 Å². The molecule has 0 saturated carbocycles. The van der Waals surface area contributed by atoms with E-state index in [0.717, 1.165) is 16.8 Å². The zero-order valence-electron chi connectivity index (χ0n) is 8.57. The first-order valence-corrected chi connectivity index (χ1v) is 4.50. The van der Waals surface area contributed by atoms with E-state index in [4.69, 9.17) is 0 Å². The fraction of sp³-hybridized carbons (Fsp3) is 0.167. The zero-order valence-corrected chi connectivity index (χ0v) is 8.57. The van der Waals surface area contributed by atoms with Crippen molar-refractivity contribution >= 4 is 11.9 Å². The maximum atomic E-state index is 4.24. The van der Waals surface area contributed by atoms with Gasteiger partial charge in [-0.1, -0.05) is 12.7 Å². The third kappa shape index (κ3) is 2.98. The SMILES string of the molecule is C=C(N=C/C(C)=C\C)c1cccnc1. The lowest BCUT2D eigenvalue weighted by Gasteiger charge is -1.97. The smallest absolute Gasteiger partial charge is 0.0645 e. The number of pyridine rings is 1. The molecule has 0 aliphatic rings. The highest BCUT2D eigenvalue weighted by atomic mass is 14.7.